The maximum atomic E-state index is 8.47. The predicted molar refractivity (Wildman–Crippen MR) is 45.9 cm³/mol. The van der Waals surface area contributed by atoms with E-state index < -0.39 is 0 Å². The van der Waals surface area contributed by atoms with E-state index in [2.05, 4.69) is 32.1 Å². The predicted octanol–water partition coefficient (Wildman–Crippen LogP) is 2.81. The van der Waals surface area contributed by atoms with E-state index in [0.717, 1.165) is 6.42 Å². The van der Waals surface area contributed by atoms with Crippen molar-refractivity contribution in [2.75, 3.05) is 0 Å². The van der Waals surface area contributed by atoms with Gasteiger partial charge >= 0.3 is 0 Å². The summed E-state index contributed by atoms with van der Waals surface area (Å²) >= 11 is 0. The lowest BCUT2D eigenvalue weighted by atomic mass is 9.89. The number of nitriles is 1. The quantitative estimate of drug-likeness (QED) is 0.559. The van der Waals surface area contributed by atoms with E-state index in [1.54, 1.807) is 0 Å². The first-order valence-electron chi connectivity index (χ1n) is 3.95. The molecule has 1 aliphatic rings. The molecule has 0 fully saturated rings. The summed E-state index contributed by atoms with van der Waals surface area (Å²) in [4.78, 5) is 0. The van der Waals surface area contributed by atoms with Crippen LogP contribution in [0.3, 0.4) is 0 Å². The molecule has 0 saturated heterocycles. The summed E-state index contributed by atoms with van der Waals surface area (Å²) in [6.07, 6.45) is 5.99. The molecule has 0 bridgehead atoms. The van der Waals surface area contributed by atoms with E-state index >= 15 is 0 Å². The second-order valence-electron chi connectivity index (χ2n) is 3.15. The van der Waals surface area contributed by atoms with Gasteiger partial charge in [0.25, 0.3) is 0 Å². The van der Waals surface area contributed by atoms with E-state index in [1.807, 2.05) is 0 Å². The van der Waals surface area contributed by atoms with Gasteiger partial charge in [-0.15, -0.1) is 0 Å². The minimum atomic E-state index is 0.462. The Kier molecular flexibility index (Phi) is 2.48. The van der Waals surface area contributed by atoms with E-state index in [-0.39, 0.29) is 0 Å². The fourth-order valence-electron chi connectivity index (χ4n) is 1.30. The number of nitrogens with zero attached hydrogens (tertiary/aromatic N) is 1. The van der Waals surface area contributed by atoms with Gasteiger partial charge in [-0.2, -0.15) is 5.26 Å². The molecule has 1 rings (SSSR count). The molecular weight excluding hydrogens is 134 g/mol. The zero-order chi connectivity index (χ0) is 8.27. The third-order valence-corrected chi connectivity index (χ3v) is 2.21. The van der Waals surface area contributed by atoms with Gasteiger partial charge in [-0.1, -0.05) is 23.3 Å². The van der Waals surface area contributed by atoms with Crippen LogP contribution < -0.4 is 0 Å². The summed E-state index contributed by atoms with van der Waals surface area (Å²) in [6, 6.07) is 2.20. The molecule has 0 saturated carbocycles. The summed E-state index contributed by atoms with van der Waals surface area (Å²) in [5.41, 5.74) is 2.78. The van der Waals surface area contributed by atoms with E-state index in [0.29, 0.717) is 12.3 Å². The molecule has 11 heavy (non-hydrogen) atoms. The summed E-state index contributed by atoms with van der Waals surface area (Å²) in [6.45, 7) is 4.26. The van der Waals surface area contributed by atoms with Crippen molar-refractivity contribution in [1.29, 1.82) is 5.26 Å². The van der Waals surface area contributed by atoms with Gasteiger partial charge in [0, 0.05) is 6.42 Å². The molecule has 1 heteroatoms. The van der Waals surface area contributed by atoms with Crippen LogP contribution in [0.25, 0.3) is 0 Å². The molecular formula is C10H13N. The molecule has 1 unspecified atom stereocenters. The second kappa shape index (κ2) is 3.39. The van der Waals surface area contributed by atoms with Gasteiger partial charge in [0.2, 0.25) is 0 Å². The van der Waals surface area contributed by atoms with Crippen LogP contribution >= 0.6 is 0 Å². The van der Waals surface area contributed by atoms with Crippen LogP contribution in [0.15, 0.2) is 23.3 Å². The maximum absolute atomic E-state index is 8.47. The SMILES string of the molecule is CC1=C(C)CC(CC#N)C=C1. The van der Waals surface area contributed by atoms with E-state index in [1.165, 1.54) is 11.1 Å². The smallest absolute Gasteiger partial charge is 0.0628 e. The van der Waals surface area contributed by atoms with Gasteiger partial charge in [-0.05, 0) is 26.2 Å². The van der Waals surface area contributed by atoms with Gasteiger partial charge in [0.15, 0.2) is 0 Å². The average Bonchev–Trinajstić information content (AvgIpc) is 1.98. The number of hydrogen-bond acceptors (Lipinski definition) is 1. The third kappa shape index (κ3) is 1.94. The van der Waals surface area contributed by atoms with Crippen molar-refractivity contribution in [1.82, 2.24) is 0 Å². The first-order valence-corrected chi connectivity index (χ1v) is 3.95. The maximum Gasteiger partial charge on any atom is 0.0628 e. The molecule has 1 nitrogen and oxygen atoms in total. The van der Waals surface area contributed by atoms with Crippen molar-refractivity contribution >= 4 is 0 Å². The highest BCUT2D eigenvalue weighted by Gasteiger charge is 2.10. The minimum Gasteiger partial charge on any atom is -0.198 e. The molecule has 0 aliphatic heterocycles. The topological polar surface area (TPSA) is 23.8 Å². The van der Waals surface area contributed by atoms with Gasteiger partial charge in [0.1, 0.15) is 0 Å². The number of hydrogen-bond donors (Lipinski definition) is 0. The van der Waals surface area contributed by atoms with Crippen molar-refractivity contribution < 1.29 is 0 Å². The van der Waals surface area contributed by atoms with E-state index in [9.17, 15) is 0 Å². The average molecular weight is 147 g/mol. The first kappa shape index (κ1) is 8.07. The number of allylic oxidation sites excluding steroid dienone is 4. The Morgan fingerprint density at radius 3 is 2.91 bits per heavy atom. The van der Waals surface area contributed by atoms with Crippen LogP contribution in [0.1, 0.15) is 26.7 Å². The molecule has 0 aromatic rings. The molecule has 0 N–H and O–H groups in total. The van der Waals surface area contributed by atoms with Crippen molar-refractivity contribution in [3.05, 3.63) is 23.3 Å². The largest absolute Gasteiger partial charge is 0.198 e. The van der Waals surface area contributed by atoms with Crippen LogP contribution in [0.4, 0.5) is 0 Å². The lowest BCUT2D eigenvalue weighted by molar-refractivity contribution is 0.647. The first-order chi connectivity index (χ1) is 5.24. The van der Waals surface area contributed by atoms with Crippen LogP contribution in [-0.2, 0) is 0 Å². The second-order valence-corrected chi connectivity index (χ2v) is 3.15. The van der Waals surface area contributed by atoms with Crippen molar-refractivity contribution in [3.8, 4) is 6.07 Å². The normalized spacial score (nSPS) is 23.5. The summed E-state index contributed by atoms with van der Waals surface area (Å²) in [5, 5.41) is 8.47. The molecule has 0 spiro atoms. The van der Waals surface area contributed by atoms with Gasteiger partial charge in [0.05, 0.1) is 6.07 Å². The van der Waals surface area contributed by atoms with Crippen molar-refractivity contribution in [2.24, 2.45) is 5.92 Å². The molecule has 1 atom stereocenters. The molecule has 0 aromatic carbocycles. The Hall–Kier alpha value is -1.03. The summed E-state index contributed by atoms with van der Waals surface area (Å²) in [7, 11) is 0. The molecule has 58 valence electrons. The van der Waals surface area contributed by atoms with Gasteiger partial charge in [-0.25, -0.2) is 0 Å². The fourth-order valence-corrected chi connectivity index (χ4v) is 1.30. The Balaban J connectivity index is 2.61. The molecule has 0 heterocycles. The van der Waals surface area contributed by atoms with Gasteiger partial charge in [-0.3, -0.25) is 0 Å². The van der Waals surface area contributed by atoms with Crippen LogP contribution in [0.2, 0.25) is 0 Å². The molecule has 1 aliphatic carbocycles. The zero-order valence-corrected chi connectivity index (χ0v) is 7.09. The van der Waals surface area contributed by atoms with Crippen LogP contribution in [0, 0.1) is 17.2 Å². The van der Waals surface area contributed by atoms with Crippen molar-refractivity contribution in [3.63, 3.8) is 0 Å². The summed E-state index contributed by atoms with van der Waals surface area (Å²) in [5.74, 6) is 0.462. The van der Waals surface area contributed by atoms with E-state index in [4.69, 9.17) is 5.26 Å². The zero-order valence-electron chi connectivity index (χ0n) is 7.09. The lowest BCUT2D eigenvalue weighted by Crippen LogP contribution is -2.01. The number of rotatable bonds is 1. The van der Waals surface area contributed by atoms with Crippen LogP contribution in [0.5, 0.6) is 0 Å². The minimum absolute atomic E-state index is 0.462. The molecule has 0 radical (unpaired) electrons. The monoisotopic (exact) mass is 147 g/mol. The Morgan fingerprint density at radius 2 is 2.36 bits per heavy atom. The Labute approximate surface area is 68.0 Å². The van der Waals surface area contributed by atoms with Crippen LogP contribution in [-0.4, -0.2) is 0 Å². The summed E-state index contributed by atoms with van der Waals surface area (Å²) < 4.78 is 0. The highest BCUT2D eigenvalue weighted by molar-refractivity contribution is 5.27. The fraction of sp³-hybridized carbons (Fsp3) is 0.500. The molecule has 0 amide bonds. The Bertz CT molecular complexity index is 240. The van der Waals surface area contributed by atoms with Gasteiger partial charge < -0.3 is 0 Å². The Morgan fingerprint density at radius 1 is 1.64 bits per heavy atom. The highest BCUT2D eigenvalue weighted by Crippen LogP contribution is 2.24. The van der Waals surface area contributed by atoms with Crippen molar-refractivity contribution in [2.45, 2.75) is 26.7 Å². The molecule has 0 aromatic heterocycles. The highest BCUT2D eigenvalue weighted by atomic mass is 14.2. The lowest BCUT2D eigenvalue weighted by Gasteiger charge is -2.15. The third-order valence-electron chi connectivity index (χ3n) is 2.21. The standard InChI is InChI=1S/C10H13N/c1-8-3-4-10(5-6-11)7-9(8)2/h3-4,10H,5,7H2,1-2H3.